The molecule has 0 spiro atoms. The Balaban J connectivity index is 1.22. The van der Waals surface area contributed by atoms with Crippen molar-refractivity contribution in [2.75, 3.05) is 44.2 Å². The van der Waals surface area contributed by atoms with Crippen molar-refractivity contribution in [3.63, 3.8) is 0 Å². The van der Waals surface area contributed by atoms with Gasteiger partial charge in [0.25, 0.3) is 0 Å². The lowest BCUT2D eigenvalue weighted by Gasteiger charge is -2.36. The van der Waals surface area contributed by atoms with Crippen LogP contribution < -0.4 is 10.2 Å². The van der Waals surface area contributed by atoms with Gasteiger partial charge < -0.3 is 10.2 Å². The van der Waals surface area contributed by atoms with E-state index < -0.39 is 6.04 Å². The van der Waals surface area contributed by atoms with Crippen LogP contribution in [-0.4, -0.2) is 70.3 Å². The minimum Gasteiger partial charge on any atom is -0.367 e. The van der Waals surface area contributed by atoms with Gasteiger partial charge in [-0.05, 0) is 41.1 Å². The van der Waals surface area contributed by atoms with Crippen molar-refractivity contribution >= 4 is 11.6 Å². The summed E-state index contributed by atoms with van der Waals surface area (Å²) in [6, 6.07) is 16.3. The van der Waals surface area contributed by atoms with E-state index in [2.05, 4.69) is 30.6 Å². The molecule has 1 N–H and O–H groups in total. The third kappa shape index (κ3) is 5.67. The van der Waals surface area contributed by atoms with Gasteiger partial charge in [-0.3, -0.25) is 9.69 Å². The second-order valence-electron chi connectivity index (χ2n) is 7.92. The van der Waals surface area contributed by atoms with E-state index in [1.165, 1.54) is 17.1 Å². The Morgan fingerprint density at radius 3 is 2.50 bits per heavy atom. The summed E-state index contributed by atoms with van der Waals surface area (Å²) >= 11 is 0. The van der Waals surface area contributed by atoms with Crippen molar-refractivity contribution in [3.8, 4) is 0 Å². The molecular formula is C23H28FN7O. The summed E-state index contributed by atoms with van der Waals surface area (Å²) in [5.41, 5.74) is 1.72. The monoisotopic (exact) mass is 437 g/mol. The molecule has 0 radical (unpaired) electrons. The van der Waals surface area contributed by atoms with Crippen molar-refractivity contribution in [2.24, 2.45) is 0 Å². The quantitative estimate of drug-likeness (QED) is 0.516. The molecule has 0 aliphatic carbocycles. The lowest BCUT2D eigenvalue weighted by atomic mass is 10.1. The number of nitrogens with one attached hydrogen (secondary N) is 1. The summed E-state index contributed by atoms with van der Waals surface area (Å²) in [6.07, 6.45) is 2.84. The van der Waals surface area contributed by atoms with E-state index in [1.807, 2.05) is 42.5 Å². The number of piperazine rings is 1. The zero-order chi connectivity index (χ0) is 22.2. The van der Waals surface area contributed by atoms with Crippen LogP contribution in [0.25, 0.3) is 0 Å². The van der Waals surface area contributed by atoms with Crippen LogP contribution in [0.4, 0.5) is 10.1 Å². The van der Waals surface area contributed by atoms with Gasteiger partial charge in [-0.2, -0.15) is 0 Å². The lowest BCUT2D eigenvalue weighted by molar-refractivity contribution is -0.124. The van der Waals surface area contributed by atoms with Gasteiger partial charge in [-0.1, -0.05) is 42.5 Å². The second-order valence-corrected chi connectivity index (χ2v) is 7.92. The number of nitrogens with zero attached hydrogens (tertiary/aromatic N) is 6. The molecule has 1 saturated heterocycles. The molecule has 9 heteroatoms. The van der Waals surface area contributed by atoms with Crippen LogP contribution in [-0.2, 0) is 11.2 Å². The summed E-state index contributed by atoms with van der Waals surface area (Å²) in [4.78, 5) is 17.3. The molecule has 8 nitrogen and oxygen atoms in total. The molecule has 1 aliphatic heterocycles. The average Bonchev–Trinajstić information content (AvgIpc) is 3.36. The number of anilines is 1. The number of hydrogen-bond acceptors (Lipinski definition) is 6. The number of halogens is 1. The maximum absolute atomic E-state index is 14.0. The highest BCUT2D eigenvalue weighted by Gasteiger charge is 2.22. The molecule has 1 aromatic heterocycles. The van der Waals surface area contributed by atoms with Gasteiger partial charge in [-0.25, -0.2) is 9.07 Å². The van der Waals surface area contributed by atoms with Gasteiger partial charge in [0.2, 0.25) is 5.91 Å². The first kappa shape index (κ1) is 21.9. The van der Waals surface area contributed by atoms with Crippen LogP contribution in [0.15, 0.2) is 60.9 Å². The third-order valence-electron chi connectivity index (χ3n) is 5.77. The van der Waals surface area contributed by atoms with Crippen LogP contribution in [0.5, 0.6) is 0 Å². The Morgan fingerprint density at radius 1 is 1.03 bits per heavy atom. The predicted molar refractivity (Wildman–Crippen MR) is 120 cm³/mol. The van der Waals surface area contributed by atoms with E-state index in [0.29, 0.717) is 18.7 Å². The molecule has 1 atom stereocenters. The number of aromatic nitrogens is 4. The molecule has 4 rings (SSSR count). The molecule has 1 unspecified atom stereocenters. The maximum atomic E-state index is 14.0. The van der Waals surface area contributed by atoms with E-state index >= 15 is 0 Å². The van der Waals surface area contributed by atoms with Gasteiger partial charge in [0.05, 0.1) is 5.69 Å². The highest BCUT2D eigenvalue weighted by Crippen LogP contribution is 2.20. The molecule has 1 fully saturated rings. The fourth-order valence-corrected chi connectivity index (χ4v) is 4.01. The minimum absolute atomic E-state index is 0.0921. The first-order chi connectivity index (χ1) is 15.7. The summed E-state index contributed by atoms with van der Waals surface area (Å²) in [5.74, 6) is -0.262. The zero-order valence-electron chi connectivity index (χ0n) is 18.0. The second kappa shape index (κ2) is 10.8. The Labute approximate surface area is 187 Å². The Kier molecular flexibility index (Phi) is 7.39. The fourth-order valence-electron chi connectivity index (χ4n) is 4.01. The van der Waals surface area contributed by atoms with Gasteiger partial charge >= 0.3 is 0 Å². The molecule has 3 aromatic rings. The molecule has 0 bridgehead atoms. The van der Waals surface area contributed by atoms with Crippen LogP contribution in [0, 0.1) is 5.82 Å². The number of benzene rings is 2. The number of hydrogen-bond donors (Lipinski definition) is 1. The van der Waals surface area contributed by atoms with Crippen molar-refractivity contribution in [2.45, 2.75) is 18.9 Å². The van der Waals surface area contributed by atoms with E-state index in [-0.39, 0.29) is 11.7 Å². The number of tetrazole rings is 1. The lowest BCUT2D eigenvalue weighted by Crippen LogP contribution is -2.47. The summed E-state index contributed by atoms with van der Waals surface area (Å²) in [6.45, 7) is 4.82. The van der Waals surface area contributed by atoms with Crippen LogP contribution in [0.1, 0.15) is 18.0 Å². The molecule has 2 aromatic carbocycles. The van der Waals surface area contributed by atoms with Gasteiger partial charge in [0.15, 0.2) is 0 Å². The summed E-state index contributed by atoms with van der Waals surface area (Å²) < 4.78 is 15.5. The van der Waals surface area contributed by atoms with Crippen molar-refractivity contribution in [1.29, 1.82) is 0 Å². The number of amides is 1. The average molecular weight is 438 g/mol. The first-order valence-corrected chi connectivity index (χ1v) is 11.0. The Hall–Kier alpha value is -3.33. The summed E-state index contributed by atoms with van der Waals surface area (Å²) in [7, 11) is 0. The summed E-state index contributed by atoms with van der Waals surface area (Å²) in [5, 5.41) is 14.3. The highest BCUT2D eigenvalue weighted by atomic mass is 19.1. The normalized spacial score (nSPS) is 15.5. The third-order valence-corrected chi connectivity index (χ3v) is 5.77. The molecule has 2 heterocycles. The van der Waals surface area contributed by atoms with Gasteiger partial charge in [0.1, 0.15) is 18.2 Å². The molecule has 32 heavy (non-hydrogen) atoms. The van der Waals surface area contributed by atoms with E-state index in [4.69, 9.17) is 0 Å². The number of carbonyl (C=O) groups excluding carboxylic acids is 1. The highest BCUT2D eigenvalue weighted by molar-refractivity contribution is 5.80. The topological polar surface area (TPSA) is 79.2 Å². The number of rotatable bonds is 9. The van der Waals surface area contributed by atoms with Crippen LogP contribution in [0.3, 0.4) is 0 Å². The Morgan fingerprint density at radius 2 is 1.78 bits per heavy atom. The van der Waals surface area contributed by atoms with E-state index in [9.17, 15) is 9.18 Å². The number of carbonyl (C=O) groups is 1. The minimum atomic E-state index is -0.489. The van der Waals surface area contributed by atoms with Crippen LogP contribution >= 0.6 is 0 Å². The SMILES string of the molecule is O=C(NCCCN1CCN(c2ccccc2F)CC1)C(Cc1ccccc1)n1cnnn1. The molecular weight excluding hydrogens is 409 g/mol. The zero-order valence-corrected chi connectivity index (χ0v) is 18.0. The van der Waals surface area contributed by atoms with E-state index in [1.54, 1.807) is 6.07 Å². The van der Waals surface area contributed by atoms with E-state index in [0.717, 1.165) is 44.7 Å². The van der Waals surface area contributed by atoms with Crippen molar-refractivity contribution in [1.82, 2.24) is 30.4 Å². The fraction of sp³-hybridized carbons (Fsp3) is 0.391. The van der Waals surface area contributed by atoms with Crippen molar-refractivity contribution < 1.29 is 9.18 Å². The molecule has 1 aliphatic rings. The Bertz CT molecular complexity index is 975. The van der Waals surface area contributed by atoms with Gasteiger partial charge in [0, 0.05) is 39.1 Å². The maximum Gasteiger partial charge on any atom is 0.245 e. The molecule has 0 saturated carbocycles. The van der Waals surface area contributed by atoms with Crippen LogP contribution in [0.2, 0.25) is 0 Å². The number of para-hydroxylation sites is 1. The molecule has 168 valence electrons. The molecule has 1 amide bonds. The largest absolute Gasteiger partial charge is 0.367 e. The first-order valence-electron chi connectivity index (χ1n) is 11.0. The predicted octanol–water partition coefficient (Wildman–Crippen LogP) is 1.92. The van der Waals surface area contributed by atoms with Crippen molar-refractivity contribution in [3.05, 3.63) is 72.3 Å². The smallest absolute Gasteiger partial charge is 0.245 e. The van der Waals surface area contributed by atoms with Gasteiger partial charge in [-0.15, -0.1) is 5.10 Å². The standard InChI is InChI=1S/C23H28FN7O/c24-20-9-4-5-10-21(20)30-15-13-29(14-16-30)12-6-11-25-23(32)22(31-18-26-27-28-31)17-19-7-2-1-3-8-19/h1-5,7-10,18,22H,6,11-17H2,(H,25,32).